The normalized spacial score (nSPS) is 27.8. The molecule has 2 saturated heterocycles. The van der Waals surface area contributed by atoms with Gasteiger partial charge in [-0.25, -0.2) is 10.9 Å². The number of hydrazine groups is 1. The SMILES string of the molecule is CCCN1C(=O)C2NNC(c3ccccc3O)C2C1c1ccc(C)cc1. The molecule has 5 nitrogen and oxygen atoms in total. The number of para-hydroxylation sites is 1. The molecule has 136 valence electrons. The third kappa shape index (κ3) is 2.68. The fourth-order valence-electron chi connectivity index (χ4n) is 4.37. The van der Waals surface area contributed by atoms with Crippen LogP contribution in [-0.4, -0.2) is 28.5 Å². The van der Waals surface area contributed by atoms with Gasteiger partial charge in [0.1, 0.15) is 11.8 Å². The molecule has 2 aliphatic rings. The summed E-state index contributed by atoms with van der Waals surface area (Å²) in [6, 6.07) is 15.4. The van der Waals surface area contributed by atoms with Gasteiger partial charge in [0.25, 0.3) is 0 Å². The van der Waals surface area contributed by atoms with Crippen molar-refractivity contribution in [2.45, 2.75) is 38.4 Å². The van der Waals surface area contributed by atoms with Crippen LogP contribution < -0.4 is 10.9 Å². The molecule has 0 radical (unpaired) electrons. The third-order valence-corrected chi connectivity index (χ3v) is 5.57. The van der Waals surface area contributed by atoms with Gasteiger partial charge in [-0.3, -0.25) is 4.79 Å². The van der Waals surface area contributed by atoms with Gasteiger partial charge in [-0.15, -0.1) is 0 Å². The third-order valence-electron chi connectivity index (χ3n) is 5.57. The molecule has 2 aromatic rings. The number of likely N-dealkylation sites (tertiary alicyclic amines) is 1. The van der Waals surface area contributed by atoms with Crippen molar-refractivity contribution in [3.63, 3.8) is 0 Å². The molecule has 3 N–H and O–H groups in total. The molecule has 2 heterocycles. The maximum Gasteiger partial charge on any atom is 0.242 e. The minimum Gasteiger partial charge on any atom is -0.508 e. The molecule has 2 aromatic carbocycles. The smallest absolute Gasteiger partial charge is 0.242 e. The van der Waals surface area contributed by atoms with Gasteiger partial charge in [0.15, 0.2) is 0 Å². The highest BCUT2D eigenvalue weighted by Gasteiger charge is 2.55. The van der Waals surface area contributed by atoms with Gasteiger partial charge in [0.05, 0.1) is 12.1 Å². The fourth-order valence-corrected chi connectivity index (χ4v) is 4.37. The number of fused-ring (bicyclic) bond motifs is 1. The summed E-state index contributed by atoms with van der Waals surface area (Å²) in [5, 5.41) is 10.4. The van der Waals surface area contributed by atoms with Crippen molar-refractivity contribution >= 4 is 5.91 Å². The van der Waals surface area contributed by atoms with E-state index in [2.05, 4.69) is 49.0 Å². The van der Waals surface area contributed by atoms with Crippen LogP contribution in [0.4, 0.5) is 0 Å². The second-order valence-corrected chi connectivity index (χ2v) is 7.27. The number of aromatic hydroxyl groups is 1. The van der Waals surface area contributed by atoms with Gasteiger partial charge >= 0.3 is 0 Å². The minimum atomic E-state index is -0.280. The summed E-state index contributed by atoms with van der Waals surface area (Å²) in [6.07, 6.45) is 0.919. The van der Waals surface area contributed by atoms with Crippen LogP contribution in [-0.2, 0) is 4.79 Å². The lowest BCUT2D eigenvalue weighted by molar-refractivity contribution is -0.130. The highest BCUT2D eigenvalue weighted by molar-refractivity contribution is 5.86. The summed E-state index contributed by atoms with van der Waals surface area (Å²) in [6.45, 7) is 4.90. The van der Waals surface area contributed by atoms with Crippen LogP contribution in [0.1, 0.15) is 42.1 Å². The van der Waals surface area contributed by atoms with Gasteiger partial charge in [-0.05, 0) is 25.0 Å². The number of hydrogen-bond donors (Lipinski definition) is 3. The Labute approximate surface area is 154 Å². The summed E-state index contributed by atoms with van der Waals surface area (Å²) < 4.78 is 0. The lowest BCUT2D eigenvalue weighted by Crippen LogP contribution is -2.41. The molecule has 1 amide bonds. The maximum atomic E-state index is 13.1. The molecule has 0 aromatic heterocycles. The molecule has 0 bridgehead atoms. The van der Waals surface area contributed by atoms with E-state index in [9.17, 15) is 9.90 Å². The number of nitrogens with zero attached hydrogens (tertiary/aromatic N) is 1. The van der Waals surface area contributed by atoms with Crippen LogP contribution >= 0.6 is 0 Å². The zero-order valence-corrected chi connectivity index (χ0v) is 15.1. The van der Waals surface area contributed by atoms with Crippen molar-refractivity contribution < 1.29 is 9.90 Å². The average Bonchev–Trinajstić information content (AvgIpc) is 3.17. The van der Waals surface area contributed by atoms with Crippen molar-refractivity contribution in [1.82, 2.24) is 15.8 Å². The van der Waals surface area contributed by atoms with Crippen LogP contribution in [0.25, 0.3) is 0 Å². The first-order valence-electron chi connectivity index (χ1n) is 9.27. The number of phenolic OH excluding ortho intramolecular Hbond substituents is 1. The summed E-state index contributed by atoms with van der Waals surface area (Å²) in [4.78, 5) is 15.1. The van der Waals surface area contributed by atoms with Crippen LogP contribution in [0, 0.1) is 12.8 Å². The van der Waals surface area contributed by atoms with Crippen molar-refractivity contribution in [2.75, 3.05) is 6.54 Å². The van der Waals surface area contributed by atoms with E-state index in [0.29, 0.717) is 0 Å². The molecule has 2 aliphatic heterocycles. The van der Waals surface area contributed by atoms with E-state index in [1.807, 2.05) is 23.1 Å². The molecule has 4 unspecified atom stereocenters. The van der Waals surface area contributed by atoms with Crippen LogP contribution in [0.3, 0.4) is 0 Å². The first-order valence-corrected chi connectivity index (χ1v) is 9.27. The molecule has 2 fully saturated rings. The van der Waals surface area contributed by atoms with Gasteiger partial charge in [-0.1, -0.05) is 55.0 Å². The Bertz CT molecular complexity index is 805. The van der Waals surface area contributed by atoms with Gasteiger partial charge in [0, 0.05) is 18.0 Å². The van der Waals surface area contributed by atoms with Crippen molar-refractivity contribution in [3.05, 3.63) is 65.2 Å². The van der Waals surface area contributed by atoms with E-state index >= 15 is 0 Å². The summed E-state index contributed by atoms with van der Waals surface area (Å²) in [5.74, 6) is 0.411. The average molecular weight is 351 g/mol. The summed E-state index contributed by atoms with van der Waals surface area (Å²) in [5.41, 5.74) is 9.64. The molecule has 0 saturated carbocycles. The Hall–Kier alpha value is -2.37. The fraction of sp³-hybridized carbons (Fsp3) is 0.381. The van der Waals surface area contributed by atoms with E-state index in [1.54, 1.807) is 6.07 Å². The predicted molar refractivity (Wildman–Crippen MR) is 100 cm³/mol. The molecule has 4 atom stereocenters. The second-order valence-electron chi connectivity index (χ2n) is 7.27. The van der Waals surface area contributed by atoms with Gasteiger partial charge in [0.2, 0.25) is 5.91 Å². The number of nitrogens with one attached hydrogen (secondary N) is 2. The van der Waals surface area contributed by atoms with Crippen LogP contribution in [0.15, 0.2) is 48.5 Å². The molecule has 0 spiro atoms. The molecular weight excluding hydrogens is 326 g/mol. The van der Waals surface area contributed by atoms with Crippen molar-refractivity contribution in [2.24, 2.45) is 5.92 Å². The first-order chi connectivity index (χ1) is 12.6. The molecule has 4 rings (SSSR count). The van der Waals surface area contributed by atoms with Gasteiger partial charge in [-0.2, -0.15) is 0 Å². The van der Waals surface area contributed by atoms with E-state index in [0.717, 1.165) is 24.1 Å². The summed E-state index contributed by atoms with van der Waals surface area (Å²) >= 11 is 0. The lowest BCUT2D eigenvalue weighted by Gasteiger charge is -2.31. The Kier molecular flexibility index (Phi) is 4.42. The topological polar surface area (TPSA) is 64.6 Å². The standard InChI is InChI=1S/C21H25N3O2/c1-3-12-24-20(14-10-8-13(2)9-11-14)17-18(22-23-19(17)21(24)26)15-6-4-5-7-16(15)25/h4-11,17-20,22-23,25H,3,12H2,1-2H3. The minimum absolute atomic E-state index is 0.0137. The number of amides is 1. The van der Waals surface area contributed by atoms with E-state index < -0.39 is 0 Å². The zero-order valence-electron chi connectivity index (χ0n) is 15.1. The number of hydrogen-bond acceptors (Lipinski definition) is 4. The molecule has 5 heteroatoms. The molecule has 26 heavy (non-hydrogen) atoms. The Morgan fingerprint density at radius 2 is 1.73 bits per heavy atom. The van der Waals surface area contributed by atoms with Crippen LogP contribution in [0.5, 0.6) is 5.75 Å². The maximum absolute atomic E-state index is 13.1. The monoisotopic (exact) mass is 351 g/mol. The Morgan fingerprint density at radius 3 is 2.42 bits per heavy atom. The molecular formula is C21H25N3O2. The van der Waals surface area contributed by atoms with E-state index in [-0.39, 0.29) is 35.7 Å². The predicted octanol–water partition coefficient (Wildman–Crippen LogP) is 2.83. The lowest BCUT2D eigenvalue weighted by atomic mass is 9.83. The van der Waals surface area contributed by atoms with Crippen LogP contribution in [0.2, 0.25) is 0 Å². The highest BCUT2D eigenvalue weighted by atomic mass is 16.3. The van der Waals surface area contributed by atoms with E-state index in [4.69, 9.17) is 0 Å². The number of carbonyl (C=O) groups excluding carboxylic acids is 1. The zero-order chi connectivity index (χ0) is 18.3. The first kappa shape index (κ1) is 17.1. The Balaban J connectivity index is 1.78. The number of rotatable bonds is 4. The van der Waals surface area contributed by atoms with E-state index in [1.165, 1.54) is 5.56 Å². The van der Waals surface area contributed by atoms with Crippen molar-refractivity contribution in [1.29, 1.82) is 0 Å². The Morgan fingerprint density at radius 1 is 1.04 bits per heavy atom. The molecule has 0 aliphatic carbocycles. The second kappa shape index (κ2) is 6.74. The van der Waals surface area contributed by atoms with Crippen molar-refractivity contribution in [3.8, 4) is 5.75 Å². The number of carbonyl (C=O) groups is 1. The number of phenols is 1. The van der Waals surface area contributed by atoms with Gasteiger partial charge < -0.3 is 10.0 Å². The largest absolute Gasteiger partial charge is 0.508 e. The highest BCUT2D eigenvalue weighted by Crippen LogP contribution is 2.48. The quantitative estimate of drug-likeness (QED) is 0.793. The number of benzene rings is 2. The summed E-state index contributed by atoms with van der Waals surface area (Å²) in [7, 11) is 0. The number of aryl methyl sites for hydroxylation is 1.